The molecule has 7 heteroatoms. The monoisotopic (exact) mass is 383 g/mol. The van der Waals surface area contributed by atoms with Gasteiger partial charge in [-0.1, -0.05) is 24.3 Å². The molecule has 0 spiro atoms. The second kappa shape index (κ2) is 6.92. The van der Waals surface area contributed by atoms with E-state index in [1.165, 1.54) is 29.5 Å². The maximum absolute atomic E-state index is 14.4. The van der Waals surface area contributed by atoms with Crippen molar-refractivity contribution in [3.63, 3.8) is 0 Å². The Kier molecular flexibility index (Phi) is 4.45. The molecule has 2 aromatic carbocycles. The van der Waals surface area contributed by atoms with Gasteiger partial charge in [-0.15, -0.1) is 11.3 Å². The van der Waals surface area contributed by atoms with E-state index in [4.69, 9.17) is 0 Å². The summed E-state index contributed by atoms with van der Waals surface area (Å²) in [7, 11) is 1.77. The molecule has 0 saturated heterocycles. The van der Waals surface area contributed by atoms with E-state index < -0.39 is 17.8 Å². The van der Waals surface area contributed by atoms with Crippen LogP contribution < -0.4 is 5.32 Å². The standard InChI is InChI=1S/C20H15F2N3OS/c1-25-10-9-23-19(25)18(12-5-2-3-6-14(12)21)24-20(26)17-11-13-15(22)7-4-8-16(13)27-17/h2-11,18H,1H3,(H,24,26). The van der Waals surface area contributed by atoms with E-state index in [1.54, 1.807) is 54.3 Å². The Labute approximate surface area is 158 Å². The van der Waals surface area contributed by atoms with Gasteiger partial charge in [0.1, 0.15) is 23.5 Å². The lowest BCUT2D eigenvalue weighted by Gasteiger charge is -2.19. The molecule has 4 nitrogen and oxygen atoms in total. The first-order chi connectivity index (χ1) is 13.0. The zero-order valence-corrected chi connectivity index (χ0v) is 15.1. The number of rotatable bonds is 4. The summed E-state index contributed by atoms with van der Waals surface area (Å²) in [6.45, 7) is 0. The second-order valence-corrected chi connectivity index (χ2v) is 7.17. The number of carbonyl (C=O) groups excluding carboxylic acids is 1. The van der Waals surface area contributed by atoms with Crippen LogP contribution >= 0.6 is 11.3 Å². The summed E-state index contributed by atoms with van der Waals surface area (Å²) in [6, 6.07) is 11.7. The molecular weight excluding hydrogens is 368 g/mol. The third-order valence-corrected chi connectivity index (χ3v) is 5.44. The first-order valence-corrected chi connectivity index (χ1v) is 9.07. The van der Waals surface area contributed by atoms with Crippen LogP contribution in [-0.4, -0.2) is 15.5 Å². The van der Waals surface area contributed by atoms with E-state index in [9.17, 15) is 13.6 Å². The zero-order chi connectivity index (χ0) is 19.0. The molecule has 1 atom stereocenters. The molecule has 2 heterocycles. The first kappa shape index (κ1) is 17.4. The lowest BCUT2D eigenvalue weighted by molar-refractivity contribution is 0.0945. The topological polar surface area (TPSA) is 46.9 Å². The maximum atomic E-state index is 14.4. The number of benzene rings is 2. The number of hydrogen-bond acceptors (Lipinski definition) is 3. The third-order valence-electron chi connectivity index (χ3n) is 4.34. The molecule has 0 radical (unpaired) electrons. The smallest absolute Gasteiger partial charge is 0.262 e. The predicted molar refractivity (Wildman–Crippen MR) is 101 cm³/mol. The number of aryl methyl sites for hydroxylation is 1. The van der Waals surface area contributed by atoms with E-state index in [1.807, 2.05) is 0 Å². The molecule has 0 bridgehead atoms. The Morgan fingerprint density at radius 1 is 1.15 bits per heavy atom. The van der Waals surface area contributed by atoms with Crippen LogP contribution in [0.5, 0.6) is 0 Å². The largest absolute Gasteiger partial charge is 0.337 e. The van der Waals surface area contributed by atoms with Gasteiger partial charge in [-0.2, -0.15) is 0 Å². The van der Waals surface area contributed by atoms with Gasteiger partial charge >= 0.3 is 0 Å². The minimum Gasteiger partial charge on any atom is -0.337 e. The van der Waals surface area contributed by atoms with E-state index in [0.717, 1.165) is 0 Å². The van der Waals surface area contributed by atoms with Crippen molar-refractivity contribution in [3.05, 3.63) is 88.8 Å². The highest BCUT2D eigenvalue weighted by Crippen LogP contribution is 2.29. The van der Waals surface area contributed by atoms with Gasteiger partial charge in [-0.3, -0.25) is 4.79 Å². The molecule has 1 amide bonds. The number of nitrogens with one attached hydrogen (secondary N) is 1. The SMILES string of the molecule is Cn1ccnc1C(NC(=O)c1cc2c(F)cccc2s1)c1ccccc1F. The molecule has 4 aromatic rings. The summed E-state index contributed by atoms with van der Waals surface area (Å²) in [5, 5.41) is 3.24. The van der Waals surface area contributed by atoms with Crippen LogP contribution in [-0.2, 0) is 7.05 Å². The average molecular weight is 383 g/mol. The Balaban J connectivity index is 1.73. The quantitative estimate of drug-likeness (QED) is 0.567. The molecule has 2 aromatic heterocycles. The summed E-state index contributed by atoms with van der Waals surface area (Å²) in [5.41, 5.74) is 0.312. The fourth-order valence-corrected chi connectivity index (χ4v) is 3.96. The Morgan fingerprint density at radius 2 is 1.93 bits per heavy atom. The number of imidazole rings is 1. The zero-order valence-electron chi connectivity index (χ0n) is 14.3. The minimum atomic E-state index is -0.770. The molecule has 27 heavy (non-hydrogen) atoms. The fraction of sp³-hybridized carbons (Fsp3) is 0.100. The Morgan fingerprint density at radius 3 is 2.63 bits per heavy atom. The molecule has 1 N–H and O–H groups in total. The van der Waals surface area contributed by atoms with Gasteiger partial charge in [-0.05, 0) is 24.3 Å². The van der Waals surface area contributed by atoms with Crippen LogP contribution in [0.3, 0.4) is 0 Å². The van der Waals surface area contributed by atoms with Gasteiger partial charge in [0.15, 0.2) is 0 Å². The maximum Gasteiger partial charge on any atom is 0.262 e. The Hall–Kier alpha value is -3.06. The Bertz CT molecular complexity index is 1140. The summed E-state index contributed by atoms with van der Waals surface area (Å²) in [4.78, 5) is 17.5. The highest BCUT2D eigenvalue weighted by atomic mass is 32.1. The van der Waals surface area contributed by atoms with Crippen LogP contribution in [0.1, 0.15) is 27.1 Å². The van der Waals surface area contributed by atoms with Crippen LogP contribution in [0.4, 0.5) is 8.78 Å². The van der Waals surface area contributed by atoms with Gasteiger partial charge in [0.05, 0.1) is 4.88 Å². The highest BCUT2D eigenvalue weighted by Gasteiger charge is 2.25. The number of nitrogens with zero attached hydrogens (tertiary/aromatic N) is 2. The van der Waals surface area contributed by atoms with Crippen LogP contribution in [0.2, 0.25) is 0 Å². The molecule has 136 valence electrons. The molecule has 0 aliphatic carbocycles. The van der Waals surface area contributed by atoms with Crippen molar-refractivity contribution in [2.75, 3.05) is 0 Å². The second-order valence-electron chi connectivity index (χ2n) is 6.09. The molecule has 0 saturated carbocycles. The number of halogens is 2. The van der Waals surface area contributed by atoms with Gasteiger partial charge in [0, 0.05) is 35.1 Å². The van der Waals surface area contributed by atoms with Crippen LogP contribution in [0.15, 0.2) is 60.9 Å². The van der Waals surface area contributed by atoms with Crippen molar-refractivity contribution in [2.45, 2.75) is 6.04 Å². The number of carbonyl (C=O) groups is 1. The van der Waals surface area contributed by atoms with E-state index >= 15 is 0 Å². The number of aromatic nitrogens is 2. The van der Waals surface area contributed by atoms with Crippen LogP contribution in [0.25, 0.3) is 10.1 Å². The number of hydrogen-bond donors (Lipinski definition) is 1. The lowest BCUT2D eigenvalue weighted by atomic mass is 10.1. The average Bonchev–Trinajstić information content (AvgIpc) is 3.27. The molecule has 0 aliphatic rings. The van der Waals surface area contributed by atoms with E-state index in [2.05, 4.69) is 10.3 Å². The van der Waals surface area contributed by atoms with Crippen molar-refractivity contribution >= 4 is 27.3 Å². The third kappa shape index (κ3) is 3.21. The molecular formula is C20H15F2N3OS. The van der Waals surface area contributed by atoms with Crippen molar-refractivity contribution in [2.24, 2.45) is 7.05 Å². The van der Waals surface area contributed by atoms with Crippen LogP contribution in [0, 0.1) is 11.6 Å². The summed E-state index contributed by atoms with van der Waals surface area (Å²) < 4.78 is 30.7. The normalized spacial score (nSPS) is 12.3. The lowest BCUT2D eigenvalue weighted by Crippen LogP contribution is -2.31. The molecule has 1 unspecified atom stereocenters. The molecule has 4 rings (SSSR count). The van der Waals surface area contributed by atoms with Crippen molar-refractivity contribution < 1.29 is 13.6 Å². The number of fused-ring (bicyclic) bond motifs is 1. The van der Waals surface area contributed by atoms with E-state index in [-0.39, 0.29) is 5.82 Å². The predicted octanol–water partition coefficient (Wildman–Crippen LogP) is 4.43. The van der Waals surface area contributed by atoms with Gasteiger partial charge in [-0.25, -0.2) is 13.8 Å². The summed E-state index contributed by atoms with van der Waals surface area (Å²) in [6.07, 6.45) is 3.31. The van der Waals surface area contributed by atoms with Crippen molar-refractivity contribution in [3.8, 4) is 0 Å². The van der Waals surface area contributed by atoms with Gasteiger partial charge in [0.25, 0.3) is 5.91 Å². The number of thiophene rings is 1. The van der Waals surface area contributed by atoms with Crippen molar-refractivity contribution in [1.82, 2.24) is 14.9 Å². The summed E-state index contributed by atoms with van der Waals surface area (Å²) >= 11 is 1.19. The summed E-state index contributed by atoms with van der Waals surface area (Å²) in [5.74, 6) is -0.724. The van der Waals surface area contributed by atoms with Gasteiger partial charge in [0.2, 0.25) is 0 Å². The first-order valence-electron chi connectivity index (χ1n) is 8.25. The molecule has 0 fully saturated rings. The van der Waals surface area contributed by atoms with E-state index in [0.29, 0.717) is 26.4 Å². The molecule has 0 aliphatic heterocycles. The minimum absolute atomic E-state index is 0.312. The van der Waals surface area contributed by atoms with Crippen molar-refractivity contribution in [1.29, 1.82) is 0 Å². The highest BCUT2D eigenvalue weighted by molar-refractivity contribution is 7.20. The number of amides is 1. The van der Waals surface area contributed by atoms with Gasteiger partial charge < -0.3 is 9.88 Å². The fourth-order valence-electron chi connectivity index (χ4n) is 2.99.